The number of ether oxygens (including phenoxy) is 2. The predicted octanol–water partition coefficient (Wildman–Crippen LogP) is 8.43. The van der Waals surface area contributed by atoms with Crippen LogP contribution in [-0.2, 0) is 15.8 Å². The van der Waals surface area contributed by atoms with Crippen LogP contribution in [0.2, 0.25) is 5.02 Å². The topological polar surface area (TPSA) is 249 Å². The number of aromatic hydroxyl groups is 2. The number of benzene rings is 5. The lowest BCUT2D eigenvalue weighted by atomic mass is 9.99. The first-order valence-electron chi connectivity index (χ1n) is 23.0. The number of hydrogen-bond acceptors (Lipinski definition) is 11. The van der Waals surface area contributed by atoms with E-state index in [9.17, 15) is 52.2 Å². The number of carbonyl (C=O) groups is 4. The number of carboxylic acids is 2. The molecule has 5 aromatic carbocycles. The van der Waals surface area contributed by atoms with E-state index in [-0.39, 0.29) is 29.5 Å². The van der Waals surface area contributed by atoms with Gasteiger partial charge in [0.15, 0.2) is 0 Å². The lowest BCUT2D eigenvalue weighted by Gasteiger charge is -2.29. The standard InChI is InChI=1S/C26H19ClN2O6.C26H18F3N3O6.C2H6/c27-17-4-1-3-16(11-17)14-7-9-15(10-8-14)19-13-35-20-6-2-5-18-23(20)29(19)26(34)22(24(18)32)25(33)28-12-21(30)31;27-26(28,29)19-9-8-15(10-30-19)13-4-6-14(7-5-13)17-12-38-18-3-1-2-16-22(18)32(17)25(37)21(23(16)35)24(36)31-11-20(33)34;1-2/h1-11,19,32H,12-13H2,(H,28,33)(H,30,31);1-10,17,35H,11-12H2,(H,31,36)(H,33,34);1-2H3. The Morgan fingerprint density at radius 1 is 0.627 bits per heavy atom. The highest BCUT2D eigenvalue weighted by molar-refractivity contribution is 6.30. The molecule has 0 saturated carbocycles. The third-order valence-corrected chi connectivity index (χ3v) is 12.4. The molecule has 384 valence electrons. The summed E-state index contributed by atoms with van der Waals surface area (Å²) in [5.74, 6) is -5.00. The number of rotatable bonds is 10. The molecule has 6 N–H and O–H groups in total. The van der Waals surface area contributed by atoms with Crippen LogP contribution in [0.1, 0.15) is 63.5 Å². The molecule has 0 fully saturated rings. The van der Waals surface area contributed by atoms with E-state index in [1.165, 1.54) is 21.3 Å². The number of carboxylic acid groups (broad SMARTS) is 2. The SMILES string of the molecule is CC.O=C(O)CNC(=O)c1c(O)c2cccc3c2n(c1=O)C(c1ccc(-c2ccc(C(F)(F)F)nc2)cc1)CO3.O=C(O)CNC(=O)c1c(O)c2cccc3c2n(c1=O)C(c1ccc(-c2cccc(Cl)c2)cc1)CO3. The van der Waals surface area contributed by atoms with Gasteiger partial charge in [-0.1, -0.05) is 104 Å². The van der Waals surface area contributed by atoms with Gasteiger partial charge in [0.1, 0.15) is 66.1 Å². The van der Waals surface area contributed by atoms with Gasteiger partial charge in [0.2, 0.25) is 0 Å². The summed E-state index contributed by atoms with van der Waals surface area (Å²) in [5.41, 5.74) is 1.19. The van der Waals surface area contributed by atoms with Crippen molar-refractivity contribution in [2.24, 2.45) is 0 Å². The molecule has 0 aliphatic carbocycles. The largest absolute Gasteiger partial charge is 0.506 e. The highest BCUT2D eigenvalue weighted by Gasteiger charge is 2.34. The van der Waals surface area contributed by atoms with E-state index in [0.717, 1.165) is 29.0 Å². The van der Waals surface area contributed by atoms with Crippen molar-refractivity contribution in [1.82, 2.24) is 24.8 Å². The first kappa shape index (κ1) is 52.2. The molecule has 10 rings (SSSR count). The number of halogens is 4. The molecule has 0 spiro atoms. The average molecular weight is 1050 g/mol. The number of alkyl halides is 3. The lowest BCUT2D eigenvalue weighted by molar-refractivity contribution is -0.141. The maximum atomic E-state index is 13.5. The normalized spacial score (nSPS) is 14.2. The molecule has 2 aliphatic rings. The molecule has 2 aliphatic heterocycles. The Balaban J connectivity index is 0.000000194. The molecule has 2 unspecified atom stereocenters. The fraction of sp³-hybridized carbons (Fsp3) is 0.167. The number of aromatic nitrogens is 3. The van der Waals surface area contributed by atoms with Gasteiger partial charge in [0, 0.05) is 27.6 Å². The maximum absolute atomic E-state index is 13.5. The number of nitrogens with zero attached hydrogens (tertiary/aromatic N) is 3. The van der Waals surface area contributed by atoms with E-state index in [2.05, 4.69) is 15.6 Å². The van der Waals surface area contributed by atoms with Crippen LogP contribution >= 0.6 is 11.6 Å². The van der Waals surface area contributed by atoms with Crippen molar-refractivity contribution in [3.8, 4) is 45.3 Å². The molecule has 0 bridgehead atoms. The lowest BCUT2D eigenvalue weighted by Crippen LogP contribution is -2.39. The minimum Gasteiger partial charge on any atom is -0.506 e. The molecule has 8 aromatic rings. The summed E-state index contributed by atoms with van der Waals surface area (Å²) in [7, 11) is 0. The second kappa shape index (κ2) is 21.5. The van der Waals surface area contributed by atoms with Gasteiger partial charge in [-0.25, -0.2) is 0 Å². The van der Waals surface area contributed by atoms with Gasteiger partial charge in [-0.15, -0.1) is 0 Å². The quantitative estimate of drug-likeness (QED) is 0.0754. The molecule has 2 amide bonds. The number of hydrogen-bond donors (Lipinski definition) is 6. The van der Waals surface area contributed by atoms with Crippen LogP contribution in [0.15, 0.2) is 137 Å². The highest BCUT2D eigenvalue weighted by atomic mass is 35.5. The van der Waals surface area contributed by atoms with Gasteiger partial charge in [-0.2, -0.15) is 13.2 Å². The number of pyridine rings is 3. The summed E-state index contributed by atoms with van der Waals surface area (Å²) in [5, 5.41) is 44.6. The second-order valence-corrected chi connectivity index (χ2v) is 17.0. The summed E-state index contributed by atoms with van der Waals surface area (Å²) in [6.07, 6.45) is -3.43. The minimum absolute atomic E-state index is 0.00810. The Kier molecular flexibility index (Phi) is 15.0. The van der Waals surface area contributed by atoms with Crippen LogP contribution in [0, 0.1) is 0 Å². The van der Waals surface area contributed by atoms with Crippen molar-refractivity contribution in [3.63, 3.8) is 0 Å². The number of aliphatic carboxylic acids is 2. The Bertz CT molecular complexity index is 3660. The van der Waals surface area contributed by atoms with E-state index in [4.69, 9.17) is 31.3 Å². The highest BCUT2D eigenvalue weighted by Crippen LogP contribution is 2.41. The zero-order chi connectivity index (χ0) is 53.9. The monoisotopic (exact) mass is 1050 g/mol. The van der Waals surface area contributed by atoms with Crippen molar-refractivity contribution < 1.29 is 62.2 Å². The Hall–Kier alpha value is -9.17. The van der Waals surface area contributed by atoms with Gasteiger partial charge >= 0.3 is 18.1 Å². The average Bonchev–Trinajstić information content (AvgIpc) is 3.41. The van der Waals surface area contributed by atoms with Gasteiger partial charge in [-0.3, -0.25) is 42.9 Å². The summed E-state index contributed by atoms with van der Waals surface area (Å²) >= 11 is 6.11. The molecule has 5 heterocycles. The molecule has 2 atom stereocenters. The fourth-order valence-corrected chi connectivity index (χ4v) is 8.93. The van der Waals surface area contributed by atoms with E-state index in [0.29, 0.717) is 38.7 Å². The van der Waals surface area contributed by atoms with Gasteiger partial charge in [0.05, 0.1) is 23.1 Å². The minimum atomic E-state index is -4.55. The molecule has 21 heteroatoms. The van der Waals surface area contributed by atoms with Crippen molar-refractivity contribution in [2.75, 3.05) is 26.3 Å². The van der Waals surface area contributed by atoms with Crippen LogP contribution in [0.3, 0.4) is 0 Å². The fourth-order valence-electron chi connectivity index (χ4n) is 8.74. The predicted molar refractivity (Wildman–Crippen MR) is 270 cm³/mol. The van der Waals surface area contributed by atoms with Crippen LogP contribution in [0.4, 0.5) is 13.2 Å². The van der Waals surface area contributed by atoms with E-state index < -0.39 is 94.5 Å². The smallest absolute Gasteiger partial charge is 0.433 e. The summed E-state index contributed by atoms with van der Waals surface area (Å²) in [6, 6.07) is 32.1. The third kappa shape index (κ3) is 10.4. The van der Waals surface area contributed by atoms with Crippen LogP contribution in [0.25, 0.3) is 44.1 Å². The zero-order valence-electron chi connectivity index (χ0n) is 39.5. The maximum Gasteiger partial charge on any atom is 0.433 e. The van der Waals surface area contributed by atoms with Crippen molar-refractivity contribution in [3.05, 3.63) is 181 Å². The van der Waals surface area contributed by atoms with Crippen molar-refractivity contribution in [2.45, 2.75) is 32.1 Å². The van der Waals surface area contributed by atoms with Crippen molar-refractivity contribution in [1.29, 1.82) is 0 Å². The van der Waals surface area contributed by atoms with Gasteiger partial charge < -0.3 is 40.5 Å². The van der Waals surface area contributed by atoms with Gasteiger partial charge in [0.25, 0.3) is 22.9 Å². The van der Waals surface area contributed by atoms with E-state index >= 15 is 0 Å². The molecular weight excluding hydrogens is 1000 g/mol. The van der Waals surface area contributed by atoms with E-state index in [1.54, 1.807) is 60.7 Å². The molecule has 3 aromatic heterocycles. The molecule has 0 saturated heterocycles. The number of amides is 2. The number of nitrogens with one attached hydrogen (secondary N) is 2. The summed E-state index contributed by atoms with van der Waals surface area (Å²) in [6.45, 7) is 2.70. The zero-order valence-corrected chi connectivity index (χ0v) is 40.3. The van der Waals surface area contributed by atoms with E-state index in [1.807, 2.05) is 56.3 Å². The Morgan fingerprint density at radius 2 is 1.05 bits per heavy atom. The first-order chi connectivity index (χ1) is 35.9. The first-order valence-corrected chi connectivity index (χ1v) is 23.3. The number of para-hydroxylation sites is 2. The molecule has 17 nitrogen and oxygen atoms in total. The molecule has 0 radical (unpaired) electrons. The molecule has 75 heavy (non-hydrogen) atoms. The molecular formula is C54H43ClF3N5O12. The van der Waals surface area contributed by atoms with Crippen molar-refractivity contribution >= 4 is 57.2 Å². The van der Waals surface area contributed by atoms with Crippen LogP contribution in [0.5, 0.6) is 23.0 Å². The Labute approximate surface area is 427 Å². The Morgan fingerprint density at radius 3 is 1.45 bits per heavy atom. The number of carbonyl (C=O) groups excluding carboxylic acids is 2. The summed E-state index contributed by atoms with van der Waals surface area (Å²) in [4.78, 5) is 77.7. The van der Waals surface area contributed by atoms with Crippen LogP contribution < -0.4 is 31.2 Å². The van der Waals surface area contributed by atoms with Crippen LogP contribution in [-0.4, -0.2) is 84.6 Å². The summed E-state index contributed by atoms with van der Waals surface area (Å²) < 4.78 is 53.0. The second-order valence-electron chi connectivity index (χ2n) is 16.6. The third-order valence-electron chi connectivity index (χ3n) is 12.1. The van der Waals surface area contributed by atoms with Gasteiger partial charge in [-0.05, 0) is 70.3 Å².